The van der Waals surface area contributed by atoms with Crippen LogP contribution >= 0.6 is 0 Å². The Labute approximate surface area is 203 Å². The summed E-state index contributed by atoms with van der Waals surface area (Å²) < 4.78 is 11.2. The van der Waals surface area contributed by atoms with Crippen molar-refractivity contribution in [3.8, 4) is 11.5 Å². The molecule has 0 saturated carbocycles. The summed E-state index contributed by atoms with van der Waals surface area (Å²) >= 11 is 0. The quantitative estimate of drug-likeness (QED) is 0.504. The summed E-state index contributed by atoms with van der Waals surface area (Å²) in [6.45, 7) is 5.52. The van der Waals surface area contributed by atoms with Crippen molar-refractivity contribution in [2.45, 2.75) is 33.4 Å². The zero-order chi connectivity index (χ0) is 24.9. The van der Waals surface area contributed by atoms with E-state index in [9.17, 15) is 14.4 Å². The summed E-state index contributed by atoms with van der Waals surface area (Å²) in [7, 11) is 0. The Kier molecular flexibility index (Phi) is 7.10. The third-order valence-electron chi connectivity index (χ3n) is 5.95. The van der Waals surface area contributed by atoms with Crippen LogP contribution in [0.3, 0.4) is 0 Å². The first-order chi connectivity index (χ1) is 16.8. The molecule has 0 unspecified atom stereocenters. The Hall–Kier alpha value is -4.20. The van der Waals surface area contributed by atoms with E-state index in [2.05, 4.69) is 10.3 Å². The predicted molar refractivity (Wildman–Crippen MR) is 131 cm³/mol. The van der Waals surface area contributed by atoms with Gasteiger partial charge in [-0.2, -0.15) is 0 Å². The van der Waals surface area contributed by atoms with Gasteiger partial charge in [0.05, 0.1) is 17.9 Å². The molecule has 1 N–H and O–H groups in total. The molecule has 0 radical (unpaired) electrons. The lowest BCUT2D eigenvalue weighted by Gasteiger charge is -2.33. The minimum atomic E-state index is -0.814. The molecule has 2 amide bonds. The lowest BCUT2D eigenvalue weighted by atomic mass is 10.1. The molecule has 0 saturated heterocycles. The number of ether oxygens (including phenoxy) is 2. The summed E-state index contributed by atoms with van der Waals surface area (Å²) in [4.78, 5) is 44.0. The van der Waals surface area contributed by atoms with Crippen molar-refractivity contribution >= 4 is 23.3 Å². The fourth-order valence-electron chi connectivity index (χ4n) is 3.75. The van der Waals surface area contributed by atoms with Crippen molar-refractivity contribution in [1.29, 1.82) is 0 Å². The molecule has 2 heterocycles. The number of carbonyl (C=O) groups is 3. The number of aromatic nitrogens is 1. The molecule has 35 heavy (non-hydrogen) atoms. The number of rotatable bonds is 8. The number of aryl methyl sites for hydroxylation is 2. The first-order valence-electron chi connectivity index (χ1n) is 11.3. The molecule has 0 spiro atoms. The van der Waals surface area contributed by atoms with Gasteiger partial charge in [0, 0.05) is 11.8 Å². The molecule has 1 aliphatic heterocycles. The zero-order valence-electron chi connectivity index (χ0n) is 19.9. The molecule has 8 nitrogen and oxygen atoms in total. The van der Waals surface area contributed by atoms with Gasteiger partial charge in [0.2, 0.25) is 5.91 Å². The minimum absolute atomic E-state index is 0.157. The van der Waals surface area contributed by atoms with Gasteiger partial charge < -0.3 is 14.8 Å². The average Bonchev–Trinajstić information content (AvgIpc) is 2.87. The second-order valence-corrected chi connectivity index (χ2v) is 8.41. The van der Waals surface area contributed by atoms with Crippen LogP contribution in [0.4, 0.5) is 5.69 Å². The number of hydrogen-bond donors (Lipinski definition) is 1. The number of benzene rings is 2. The molecule has 0 aliphatic carbocycles. The molecule has 180 valence electrons. The van der Waals surface area contributed by atoms with Gasteiger partial charge in [-0.15, -0.1) is 0 Å². The molecule has 1 aliphatic rings. The molecule has 0 fully saturated rings. The fourth-order valence-corrected chi connectivity index (χ4v) is 3.75. The Morgan fingerprint density at radius 3 is 2.69 bits per heavy atom. The number of ketones is 1. The Morgan fingerprint density at radius 2 is 1.94 bits per heavy atom. The van der Waals surface area contributed by atoms with Gasteiger partial charge in [-0.25, -0.2) is 0 Å². The van der Waals surface area contributed by atoms with Crippen LogP contribution < -0.4 is 19.7 Å². The average molecular weight is 474 g/mol. The van der Waals surface area contributed by atoms with Crippen molar-refractivity contribution in [3.63, 3.8) is 0 Å². The van der Waals surface area contributed by atoms with Crippen molar-refractivity contribution in [2.75, 3.05) is 18.1 Å². The predicted octanol–water partition coefficient (Wildman–Crippen LogP) is 3.39. The van der Waals surface area contributed by atoms with E-state index in [0.717, 1.165) is 11.1 Å². The Morgan fingerprint density at radius 1 is 1.11 bits per heavy atom. The van der Waals surface area contributed by atoms with Gasteiger partial charge in [0.15, 0.2) is 19.0 Å². The van der Waals surface area contributed by atoms with Crippen LogP contribution in [-0.4, -0.2) is 41.8 Å². The maximum Gasteiger partial charge on any atom is 0.265 e. The Bertz CT molecular complexity index is 1260. The molecule has 3 aromatic rings. The van der Waals surface area contributed by atoms with Gasteiger partial charge in [-0.3, -0.25) is 24.3 Å². The second-order valence-electron chi connectivity index (χ2n) is 8.41. The number of nitrogens with one attached hydrogen (secondary N) is 1. The van der Waals surface area contributed by atoms with E-state index in [1.165, 1.54) is 4.90 Å². The summed E-state index contributed by atoms with van der Waals surface area (Å²) in [6, 6.07) is 15.1. The number of nitrogens with zero attached hydrogens (tertiary/aromatic N) is 2. The topological polar surface area (TPSA) is 97.8 Å². The molecule has 0 bridgehead atoms. The van der Waals surface area contributed by atoms with Crippen molar-refractivity contribution < 1.29 is 23.9 Å². The standard InChI is InChI=1S/C27H27N3O5/c1-17-7-9-22(12-18(17)2)34-15-24(31)20-8-10-25-23(13-20)30(26(32)16-35-25)19(3)27(33)29-14-21-6-4-5-11-28-21/h4-13,19H,14-16H2,1-3H3,(H,29,33)/t19-/m0/s1. The summed E-state index contributed by atoms with van der Waals surface area (Å²) in [5.74, 6) is 0.0789. The first kappa shape index (κ1) is 23.9. The van der Waals surface area contributed by atoms with E-state index < -0.39 is 6.04 Å². The summed E-state index contributed by atoms with van der Waals surface area (Å²) in [6.07, 6.45) is 1.65. The zero-order valence-corrected chi connectivity index (χ0v) is 19.9. The van der Waals surface area contributed by atoms with Crippen LogP contribution in [0.25, 0.3) is 0 Å². The van der Waals surface area contributed by atoms with Crippen LogP contribution in [0, 0.1) is 13.8 Å². The number of pyridine rings is 1. The molecular formula is C27H27N3O5. The SMILES string of the molecule is Cc1ccc(OCC(=O)c2ccc3c(c2)N([C@@H](C)C(=O)NCc2ccccn2)C(=O)CO3)cc1C. The maximum absolute atomic E-state index is 12.9. The molecule has 2 aromatic carbocycles. The molecular weight excluding hydrogens is 446 g/mol. The minimum Gasteiger partial charge on any atom is -0.485 e. The Balaban J connectivity index is 1.48. The van der Waals surface area contributed by atoms with Gasteiger partial charge in [0.25, 0.3) is 5.91 Å². The number of carbonyl (C=O) groups excluding carboxylic acids is 3. The number of Topliss-reactive ketones (excluding diaryl/α,β-unsaturated/α-hetero) is 1. The second kappa shape index (κ2) is 10.4. The third-order valence-corrected chi connectivity index (χ3v) is 5.95. The molecule has 4 rings (SSSR count). The van der Waals surface area contributed by atoms with E-state index in [-0.39, 0.29) is 37.4 Å². The third kappa shape index (κ3) is 5.48. The van der Waals surface area contributed by atoms with Crippen LogP contribution in [0.2, 0.25) is 0 Å². The molecule has 1 aromatic heterocycles. The monoisotopic (exact) mass is 473 g/mol. The lowest BCUT2D eigenvalue weighted by Crippen LogP contribution is -2.51. The molecule has 8 heteroatoms. The highest BCUT2D eigenvalue weighted by Gasteiger charge is 2.33. The van der Waals surface area contributed by atoms with Gasteiger partial charge in [-0.05, 0) is 74.4 Å². The number of amides is 2. The molecule has 1 atom stereocenters. The van der Waals surface area contributed by atoms with E-state index in [1.807, 2.05) is 38.1 Å². The highest BCUT2D eigenvalue weighted by Crippen LogP contribution is 2.34. The maximum atomic E-state index is 12.9. The van der Waals surface area contributed by atoms with E-state index in [0.29, 0.717) is 28.4 Å². The summed E-state index contributed by atoms with van der Waals surface area (Å²) in [5.41, 5.74) is 3.65. The van der Waals surface area contributed by atoms with Crippen LogP contribution in [0.1, 0.15) is 34.1 Å². The van der Waals surface area contributed by atoms with Gasteiger partial charge >= 0.3 is 0 Å². The number of hydrogen-bond acceptors (Lipinski definition) is 6. The first-order valence-corrected chi connectivity index (χ1v) is 11.3. The normalized spacial score (nSPS) is 13.5. The van der Waals surface area contributed by atoms with E-state index in [4.69, 9.17) is 9.47 Å². The smallest absolute Gasteiger partial charge is 0.265 e. The van der Waals surface area contributed by atoms with Gasteiger partial charge in [-0.1, -0.05) is 12.1 Å². The highest BCUT2D eigenvalue weighted by molar-refractivity contribution is 6.05. The van der Waals surface area contributed by atoms with Crippen LogP contribution in [0.15, 0.2) is 60.8 Å². The number of fused-ring (bicyclic) bond motifs is 1. The number of anilines is 1. The van der Waals surface area contributed by atoms with Crippen LogP contribution in [0.5, 0.6) is 11.5 Å². The van der Waals surface area contributed by atoms with E-state index >= 15 is 0 Å². The van der Waals surface area contributed by atoms with Crippen LogP contribution in [-0.2, 0) is 16.1 Å². The van der Waals surface area contributed by atoms with E-state index in [1.54, 1.807) is 43.5 Å². The largest absolute Gasteiger partial charge is 0.485 e. The summed E-state index contributed by atoms with van der Waals surface area (Å²) in [5, 5.41) is 2.81. The highest BCUT2D eigenvalue weighted by atomic mass is 16.5. The van der Waals surface area contributed by atoms with Crippen molar-refractivity contribution in [2.24, 2.45) is 0 Å². The lowest BCUT2D eigenvalue weighted by molar-refractivity contribution is -0.127. The van der Waals surface area contributed by atoms with Crippen molar-refractivity contribution in [3.05, 3.63) is 83.2 Å². The fraction of sp³-hybridized carbons (Fsp3) is 0.259. The van der Waals surface area contributed by atoms with Gasteiger partial charge in [0.1, 0.15) is 17.5 Å². The van der Waals surface area contributed by atoms with Crippen molar-refractivity contribution in [1.82, 2.24) is 10.3 Å².